The van der Waals surface area contributed by atoms with Gasteiger partial charge in [0.25, 0.3) is 0 Å². The van der Waals surface area contributed by atoms with Crippen molar-refractivity contribution in [1.29, 1.82) is 0 Å². The smallest absolute Gasteiger partial charge is 0.0369 e. The van der Waals surface area contributed by atoms with Crippen molar-refractivity contribution in [2.45, 2.75) is 53.6 Å². The van der Waals surface area contributed by atoms with Crippen molar-refractivity contribution in [3.8, 4) is 0 Å². The Labute approximate surface area is 124 Å². The number of aryl methyl sites for hydroxylation is 1. The Kier molecular flexibility index (Phi) is 4.43. The zero-order valence-electron chi connectivity index (χ0n) is 14.0. The number of anilines is 1. The summed E-state index contributed by atoms with van der Waals surface area (Å²) in [6.07, 6.45) is 0. The highest BCUT2D eigenvalue weighted by Gasteiger charge is 2.26. The number of hydrogen-bond donors (Lipinski definition) is 1. The molecule has 0 aromatic heterocycles. The molecular formula is C18H30N2. The summed E-state index contributed by atoms with van der Waals surface area (Å²) in [6, 6.07) is 6.93. The van der Waals surface area contributed by atoms with Crippen molar-refractivity contribution in [1.82, 2.24) is 5.32 Å². The van der Waals surface area contributed by atoms with E-state index < -0.39 is 0 Å². The van der Waals surface area contributed by atoms with Crippen LogP contribution in [-0.4, -0.2) is 18.6 Å². The molecule has 112 valence electrons. The predicted octanol–water partition coefficient (Wildman–Crippen LogP) is 3.98. The van der Waals surface area contributed by atoms with Gasteiger partial charge in [-0.3, -0.25) is 0 Å². The molecule has 2 unspecified atom stereocenters. The van der Waals surface area contributed by atoms with Gasteiger partial charge in [-0.2, -0.15) is 0 Å². The van der Waals surface area contributed by atoms with Gasteiger partial charge < -0.3 is 10.2 Å². The molecule has 0 bridgehead atoms. The van der Waals surface area contributed by atoms with Gasteiger partial charge in [-0.15, -0.1) is 0 Å². The third-order valence-electron chi connectivity index (χ3n) is 4.49. The molecule has 2 atom stereocenters. The lowest BCUT2D eigenvalue weighted by Crippen LogP contribution is -2.35. The summed E-state index contributed by atoms with van der Waals surface area (Å²) < 4.78 is 0. The highest BCUT2D eigenvalue weighted by molar-refractivity contribution is 5.51. The van der Waals surface area contributed by atoms with E-state index in [9.17, 15) is 0 Å². The van der Waals surface area contributed by atoms with Crippen LogP contribution in [0.1, 0.15) is 45.7 Å². The Balaban J connectivity index is 2.06. The van der Waals surface area contributed by atoms with E-state index in [4.69, 9.17) is 0 Å². The van der Waals surface area contributed by atoms with Crippen molar-refractivity contribution in [2.24, 2.45) is 11.8 Å². The Bertz CT molecular complexity index is 449. The first kappa shape index (κ1) is 15.4. The summed E-state index contributed by atoms with van der Waals surface area (Å²) in [7, 11) is 0. The lowest BCUT2D eigenvalue weighted by molar-refractivity contribution is 0.424. The second-order valence-corrected chi connectivity index (χ2v) is 7.57. The van der Waals surface area contributed by atoms with Crippen LogP contribution in [0.3, 0.4) is 0 Å². The largest absolute Gasteiger partial charge is 0.371 e. The van der Waals surface area contributed by atoms with E-state index in [2.05, 4.69) is 70.0 Å². The van der Waals surface area contributed by atoms with E-state index in [1.165, 1.54) is 29.9 Å². The van der Waals surface area contributed by atoms with Gasteiger partial charge in [0.15, 0.2) is 0 Å². The minimum Gasteiger partial charge on any atom is -0.371 e. The first-order valence-corrected chi connectivity index (χ1v) is 7.86. The van der Waals surface area contributed by atoms with Crippen LogP contribution in [0.15, 0.2) is 18.2 Å². The molecule has 0 aliphatic carbocycles. The van der Waals surface area contributed by atoms with Crippen LogP contribution in [0.2, 0.25) is 0 Å². The van der Waals surface area contributed by atoms with Crippen molar-refractivity contribution in [2.75, 3.05) is 18.0 Å². The number of benzene rings is 1. The Morgan fingerprint density at radius 2 is 1.75 bits per heavy atom. The number of rotatable bonds is 3. The minimum absolute atomic E-state index is 0.172. The number of nitrogens with one attached hydrogen (secondary N) is 1. The molecule has 0 spiro atoms. The lowest BCUT2D eigenvalue weighted by atomic mass is 10.0. The fourth-order valence-electron chi connectivity index (χ4n) is 2.78. The third-order valence-corrected chi connectivity index (χ3v) is 4.49. The zero-order valence-corrected chi connectivity index (χ0v) is 14.0. The molecule has 1 saturated heterocycles. The summed E-state index contributed by atoms with van der Waals surface area (Å²) in [4.78, 5) is 2.53. The molecule has 0 amide bonds. The number of nitrogens with zero attached hydrogens (tertiary/aromatic N) is 1. The van der Waals surface area contributed by atoms with E-state index in [1.54, 1.807) is 0 Å². The molecule has 1 aliphatic heterocycles. The van der Waals surface area contributed by atoms with E-state index in [0.29, 0.717) is 0 Å². The number of hydrogen-bond acceptors (Lipinski definition) is 2. The summed E-state index contributed by atoms with van der Waals surface area (Å²) in [5.74, 6) is 1.61. The van der Waals surface area contributed by atoms with Crippen LogP contribution < -0.4 is 10.2 Å². The average molecular weight is 274 g/mol. The van der Waals surface area contributed by atoms with Crippen molar-refractivity contribution < 1.29 is 0 Å². The van der Waals surface area contributed by atoms with E-state index in [0.717, 1.165) is 18.4 Å². The predicted molar refractivity (Wildman–Crippen MR) is 88.3 cm³/mol. The van der Waals surface area contributed by atoms with Crippen molar-refractivity contribution in [3.05, 3.63) is 29.3 Å². The maximum Gasteiger partial charge on any atom is 0.0369 e. The van der Waals surface area contributed by atoms with Gasteiger partial charge in [0.05, 0.1) is 0 Å². The molecule has 1 aromatic carbocycles. The van der Waals surface area contributed by atoms with Gasteiger partial charge in [0, 0.05) is 30.9 Å². The summed E-state index contributed by atoms with van der Waals surface area (Å²) in [5, 5.41) is 3.57. The SMILES string of the molecule is Cc1cc(N2CC(C)C(C)C2)ccc1CNC(C)(C)C. The van der Waals surface area contributed by atoms with Gasteiger partial charge in [0.1, 0.15) is 0 Å². The molecule has 1 aliphatic rings. The molecular weight excluding hydrogens is 244 g/mol. The fraction of sp³-hybridized carbons (Fsp3) is 0.667. The molecule has 2 rings (SSSR count). The highest BCUT2D eigenvalue weighted by atomic mass is 15.2. The topological polar surface area (TPSA) is 15.3 Å². The van der Waals surface area contributed by atoms with Crippen LogP contribution >= 0.6 is 0 Å². The van der Waals surface area contributed by atoms with E-state index >= 15 is 0 Å². The maximum atomic E-state index is 3.57. The van der Waals surface area contributed by atoms with Crippen LogP contribution in [0.25, 0.3) is 0 Å². The van der Waals surface area contributed by atoms with Gasteiger partial charge >= 0.3 is 0 Å². The highest BCUT2D eigenvalue weighted by Crippen LogP contribution is 2.29. The van der Waals surface area contributed by atoms with Gasteiger partial charge in [-0.1, -0.05) is 19.9 Å². The molecule has 1 fully saturated rings. The molecule has 1 N–H and O–H groups in total. The fourth-order valence-corrected chi connectivity index (χ4v) is 2.78. The maximum absolute atomic E-state index is 3.57. The normalized spacial score (nSPS) is 23.4. The van der Waals surface area contributed by atoms with Crippen molar-refractivity contribution >= 4 is 5.69 Å². The molecule has 0 radical (unpaired) electrons. The Morgan fingerprint density at radius 1 is 1.15 bits per heavy atom. The molecule has 0 saturated carbocycles. The van der Waals surface area contributed by atoms with Crippen LogP contribution in [0.5, 0.6) is 0 Å². The Hall–Kier alpha value is -1.02. The second-order valence-electron chi connectivity index (χ2n) is 7.57. The van der Waals surface area contributed by atoms with Crippen molar-refractivity contribution in [3.63, 3.8) is 0 Å². The lowest BCUT2D eigenvalue weighted by Gasteiger charge is -2.23. The molecule has 1 heterocycles. The first-order chi connectivity index (χ1) is 9.26. The molecule has 2 heteroatoms. The summed E-state index contributed by atoms with van der Waals surface area (Å²) >= 11 is 0. The zero-order chi connectivity index (χ0) is 14.9. The average Bonchev–Trinajstić information content (AvgIpc) is 2.67. The molecule has 2 nitrogen and oxygen atoms in total. The van der Waals surface area contributed by atoms with Crippen LogP contribution in [0, 0.1) is 18.8 Å². The monoisotopic (exact) mass is 274 g/mol. The van der Waals surface area contributed by atoms with Gasteiger partial charge in [-0.25, -0.2) is 0 Å². The van der Waals surface area contributed by atoms with Gasteiger partial charge in [0.2, 0.25) is 0 Å². The van der Waals surface area contributed by atoms with E-state index in [-0.39, 0.29) is 5.54 Å². The quantitative estimate of drug-likeness (QED) is 0.897. The Morgan fingerprint density at radius 3 is 2.25 bits per heavy atom. The second kappa shape index (κ2) is 5.77. The molecule has 20 heavy (non-hydrogen) atoms. The summed E-state index contributed by atoms with van der Waals surface area (Å²) in [6.45, 7) is 16.9. The van der Waals surface area contributed by atoms with Crippen LogP contribution in [0.4, 0.5) is 5.69 Å². The molecule has 1 aromatic rings. The van der Waals surface area contributed by atoms with Crippen LogP contribution in [-0.2, 0) is 6.54 Å². The summed E-state index contributed by atoms with van der Waals surface area (Å²) in [5.41, 5.74) is 4.36. The standard InChI is InChI=1S/C18H30N2/c1-13-9-17(20-11-14(2)15(3)12-20)8-7-16(13)10-19-18(4,5)6/h7-9,14-15,19H,10-12H2,1-6H3. The third kappa shape index (κ3) is 3.76. The van der Waals surface area contributed by atoms with E-state index in [1.807, 2.05) is 0 Å². The first-order valence-electron chi connectivity index (χ1n) is 7.86. The minimum atomic E-state index is 0.172. The van der Waals surface area contributed by atoms with Gasteiger partial charge in [-0.05, 0) is 62.8 Å².